The lowest BCUT2D eigenvalue weighted by Gasteiger charge is -2.30. The van der Waals surface area contributed by atoms with Crippen molar-refractivity contribution in [3.05, 3.63) is 53.6 Å². The first kappa shape index (κ1) is 25.2. The number of benzene rings is 1. The number of hydrogen-bond donors (Lipinski definition) is 0. The number of halogens is 1. The second kappa shape index (κ2) is 11.3. The van der Waals surface area contributed by atoms with E-state index in [2.05, 4.69) is 20.0 Å². The third-order valence-corrected chi connectivity index (χ3v) is 6.83. The summed E-state index contributed by atoms with van der Waals surface area (Å²) in [6.07, 6.45) is 5.49. The molecule has 1 aromatic carbocycles. The third-order valence-electron chi connectivity index (χ3n) is 6.83. The second-order valence-electron chi connectivity index (χ2n) is 9.78. The topological polar surface area (TPSA) is 98.8 Å². The molecule has 0 unspecified atom stereocenters. The standard InChI is InChI=1S/C26H33FN6O4/c1-18(2)25-29-26(37-30-25)32-8-5-20(6-9-32)35-13-14-36-21-4-3-19(22(27)16-21)15-24(34)33-12-11-31-10-7-28-23(31)17-33/h3-4,7,10,16,18,20H,5-6,8-9,11-15,17H2,1-2H3. The molecule has 2 aliphatic heterocycles. The fourth-order valence-corrected chi connectivity index (χ4v) is 4.60. The van der Waals surface area contributed by atoms with E-state index in [0.717, 1.165) is 37.6 Å². The van der Waals surface area contributed by atoms with E-state index >= 15 is 0 Å². The molecule has 2 aliphatic rings. The van der Waals surface area contributed by atoms with Crippen LogP contribution in [0.25, 0.3) is 0 Å². The van der Waals surface area contributed by atoms with Crippen LogP contribution in [-0.4, -0.2) is 69.5 Å². The van der Waals surface area contributed by atoms with Crippen molar-refractivity contribution < 1.29 is 23.2 Å². The molecule has 0 spiro atoms. The Balaban J connectivity index is 1.02. The van der Waals surface area contributed by atoms with Gasteiger partial charge in [0.1, 0.15) is 24.0 Å². The Morgan fingerprint density at radius 1 is 1.19 bits per heavy atom. The molecular weight excluding hydrogens is 479 g/mol. The summed E-state index contributed by atoms with van der Waals surface area (Å²) in [6, 6.07) is 5.22. The van der Waals surface area contributed by atoms with Crippen molar-refractivity contribution in [3.63, 3.8) is 0 Å². The van der Waals surface area contributed by atoms with Crippen molar-refractivity contribution >= 4 is 11.9 Å². The number of aromatic nitrogens is 4. The normalized spacial score (nSPS) is 16.3. The molecule has 0 atom stereocenters. The van der Waals surface area contributed by atoms with Crippen molar-refractivity contribution in [3.8, 4) is 5.75 Å². The number of hydrogen-bond acceptors (Lipinski definition) is 8. The molecule has 0 aliphatic carbocycles. The summed E-state index contributed by atoms with van der Waals surface area (Å²) in [5.74, 6) is 1.67. The summed E-state index contributed by atoms with van der Waals surface area (Å²) in [5, 5.41) is 4.03. The molecule has 10 nitrogen and oxygen atoms in total. The van der Waals surface area contributed by atoms with Gasteiger partial charge in [-0.15, -0.1) is 0 Å². The lowest BCUT2D eigenvalue weighted by atomic mass is 10.1. The number of amides is 1. The van der Waals surface area contributed by atoms with Crippen LogP contribution >= 0.6 is 0 Å². The number of piperidine rings is 1. The number of fused-ring (bicyclic) bond motifs is 1. The van der Waals surface area contributed by atoms with Gasteiger partial charge in [0.2, 0.25) is 5.91 Å². The Morgan fingerprint density at radius 2 is 2.03 bits per heavy atom. The molecule has 0 N–H and O–H groups in total. The highest BCUT2D eigenvalue weighted by atomic mass is 19.1. The monoisotopic (exact) mass is 512 g/mol. The zero-order valence-corrected chi connectivity index (χ0v) is 21.3. The number of anilines is 1. The van der Waals surface area contributed by atoms with Gasteiger partial charge in [0, 0.05) is 50.6 Å². The molecule has 0 saturated carbocycles. The smallest absolute Gasteiger partial charge is 0.324 e. The minimum absolute atomic E-state index is 0.0109. The van der Waals surface area contributed by atoms with E-state index in [1.54, 1.807) is 23.2 Å². The fraction of sp³-hybridized carbons (Fsp3) is 0.538. The van der Waals surface area contributed by atoms with Gasteiger partial charge in [0.15, 0.2) is 5.82 Å². The summed E-state index contributed by atoms with van der Waals surface area (Å²) in [4.78, 5) is 25.2. The lowest BCUT2D eigenvalue weighted by molar-refractivity contribution is -0.132. The molecule has 2 aromatic heterocycles. The first-order valence-corrected chi connectivity index (χ1v) is 12.9. The molecule has 4 heterocycles. The molecule has 0 radical (unpaired) electrons. The van der Waals surface area contributed by atoms with E-state index in [0.29, 0.717) is 50.2 Å². The van der Waals surface area contributed by atoms with Gasteiger partial charge in [-0.05, 0) is 24.5 Å². The number of rotatable bonds is 9. The van der Waals surface area contributed by atoms with Crippen LogP contribution in [0.15, 0.2) is 35.1 Å². The van der Waals surface area contributed by atoms with Gasteiger partial charge in [-0.2, -0.15) is 4.98 Å². The van der Waals surface area contributed by atoms with E-state index in [1.165, 1.54) is 6.07 Å². The number of carbonyl (C=O) groups is 1. The Morgan fingerprint density at radius 3 is 2.78 bits per heavy atom. The van der Waals surface area contributed by atoms with E-state index in [9.17, 15) is 9.18 Å². The fourth-order valence-electron chi connectivity index (χ4n) is 4.60. The van der Waals surface area contributed by atoms with Crippen LogP contribution in [0.1, 0.15) is 49.8 Å². The molecule has 0 bridgehead atoms. The molecule has 3 aromatic rings. The maximum Gasteiger partial charge on any atom is 0.324 e. The predicted octanol–water partition coefficient (Wildman–Crippen LogP) is 3.18. The molecule has 37 heavy (non-hydrogen) atoms. The van der Waals surface area contributed by atoms with Crippen LogP contribution in [0.3, 0.4) is 0 Å². The van der Waals surface area contributed by atoms with E-state index < -0.39 is 5.82 Å². The minimum atomic E-state index is -0.445. The van der Waals surface area contributed by atoms with E-state index in [-0.39, 0.29) is 24.3 Å². The van der Waals surface area contributed by atoms with Crippen LogP contribution in [0.4, 0.5) is 10.4 Å². The van der Waals surface area contributed by atoms with Gasteiger partial charge >= 0.3 is 6.01 Å². The zero-order valence-electron chi connectivity index (χ0n) is 21.3. The van der Waals surface area contributed by atoms with Crippen molar-refractivity contribution in [2.75, 3.05) is 37.7 Å². The maximum absolute atomic E-state index is 14.7. The highest BCUT2D eigenvalue weighted by molar-refractivity contribution is 5.79. The van der Waals surface area contributed by atoms with Gasteiger partial charge in [-0.3, -0.25) is 4.79 Å². The minimum Gasteiger partial charge on any atom is -0.491 e. The van der Waals surface area contributed by atoms with Crippen molar-refractivity contribution in [2.45, 2.75) is 58.2 Å². The lowest BCUT2D eigenvalue weighted by Crippen LogP contribution is -2.39. The van der Waals surface area contributed by atoms with Crippen LogP contribution in [0.2, 0.25) is 0 Å². The number of carbonyl (C=O) groups excluding carboxylic acids is 1. The second-order valence-corrected chi connectivity index (χ2v) is 9.78. The highest BCUT2D eigenvalue weighted by Crippen LogP contribution is 2.22. The highest BCUT2D eigenvalue weighted by Gasteiger charge is 2.24. The first-order chi connectivity index (χ1) is 18.0. The van der Waals surface area contributed by atoms with Crippen LogP contribution in [0.5, 0.6) is 5.75 Å². The number of imidazole rings is 1. The Bertz CT molecular complexity index is 1200. The summed E-state index contributed by atoms with van der Waals surface area (Å²) < 4.78 is 33.7. The van der Waals surface area contributed by atoms with Gasteiger partial charge in [-0.1, -0.05) is 25.1 Å². The summed E-state index contributed by atoms with van der Waals surface area (Å²) in [6.45, 7) is 8.13. The Kier molecular flexibility index (Phi) is 7.68. The van der Waals surface area contributed by atoms with Crippen LogP contribution in [0, 0.1) is 5.82 Å². The third kappa shape index (κ3) is 6.10. The molecule has 1 saturated heterocycles. The SMILES string of the molecule is CC(C)c1noc(N2CCC(OCCOc3ccc(CC(=O)N4CCn5ccnc5C4)c(F)c3)CC2)n1. The molecule has 5 rings (SSSR count). The summed E-state index contributed by atoms with van der Waals surface area (Å²) in [5.41, 5.74) is 0.357. The van der Waals surface area contributed by atoms with E-state index in [4.69, 9.17) is 14.0 Å². The molecular formula is C26H33FN6O4. The van der Waals surface area contributed by atoms with Crippen molar-refractivity contribution in [1.29, 1.82) is 0 Å². The van der Waals surface area contributed by atoms with Crippen LogP contribution in [-0.2, 0) is 29.0 Å². The summed E-state index contributed by atoms with van der Waals surface area (Å²) in [7, 11) is 0. The van der Waals surface area contributed by atoms with Crippen molar-refractivity contribution in [2.24, 2.45) is 0 Å². The molecule has 11 heteroatoms. The average Bonchev–Trinajstić information content (AvgIpc) is 3.58. The molecule has 198 valence electrons. The predicted molar refractivity (Wildman–Crippen MR) is 133 cm³/mol. The van der Waals surface area contributed by atoms with Crippen molar-refractivity contribution in [1.82, 2.24) is 24.6 Å². The Labute approximate surface area is 215 Å². The zero-order chi connectivity index (χ0) is 25.8. The number of nitrogens with zero attached hydrogens (tertiary/aromatic N) is 6. The molecule has 1 amide bonds. The largest absolute Gasteiger partial charge is 0.491 e. The van der Waals surface area contributed by atoms with Crippen LogP contribution < -0.4 is 9.64 Å². The maximum atomic E-state index is 14.7. The number of ether oxygens (including phenoxy) is 2. The Hall–Kier alpha value is -3.47. The van der Waals surface area contributed by atoms with Gasteiger partial charge in [0.25, 0.3) is 0 Å². The van der Waals surface area contributed by atoms with Gasteiger partial charge in [-0.25, -0.2) is 9.37 Å². The van der Waals surface area contributed by atoms with Gasteiger partial charge in [0.05, 0.1) is 25.7 Å². The quantitative estimate of drug-likeness (QED) is 0.403. The molecule has 1 fully saturated rings. The summed E-state index contributed by atoms with van der Waals surface area (Å²) >= 11 is 0. The first-order valence-electron chi connectivity index (χ1n) is 12.9. The average molecular weight is 513 g/mol. The van der Waals surface area contributed by atoms with Gasteiger partial charge < -0.3 is 28.4 Å². The van der Waals surface area contributed by atoms with E-state index in [1.807, 2.05) is 24.6 Å².